The van der Waals surface area contributed by atoms with Crippen LogP contribution in [-0.2, 0) is 11.2 Å². The van der Waals surface area contributed by atoms with Crippen LogP contribution in [0, 0.1) is 0 Å². The maximum Gasteiger partial charge on any atom is 0.180 e. The Hall–Kier alpha value is -0.980. The zero-order valence-electron chi connectivity index (χ0n) is 10.8. The molecule has 4 nitrogen and oxygen atoms in total. The van der Waals surface area contributed by atoms with E-state index in [0.29, 0.717) is 17.7 Å². The van der Waals surface area contributed by atoms with Crippen LogP contribution < -0.4 is 5.73 Å². The fourth-order valence-corrected chi connectivity index (χ4v) is 3.43. The summed E-state index contributed by atoms with van der Waals surface area (Å²) in [5.74, 6) is 0.385. The number of ether oxygens (including phenoxy) is 1. The van der Waals surface area contributed by atoms with Gasteiger partial charge in [-0.2, -0.15) is 0 Å². The van der Waals surface area contributed by atoms with Gasteiger partial charge >= 0.3 is 0 Å². The first kappa shape index (κ1) is 13.5. The summed E-state index contributed by atoms with van der Waals surface area (Å²) in [6.45, 7) is 4.99. The summed E-state index contributed by atoms with van der Waals surface area (Å²) in [5.41, 5.74) is 7.76. The molecule has 18 heavy (non-hydrogen) atoms. The van der Waals surface area contributed by atoms with Crippen molar-refractivity contribution in [2.45, 2.75) is 26.2 Å². The molecule has 0 saturated carbocycles. The zero-order valence-corrected chi connectivity index (χ0v) is 12.4. The van der Waals surface area contributed by atoms with E-state index >= 15 is 0 Å². The number of hydrogen-bond donors (Lipinski definition) is 1. The summed E-state index contributed by atoms with van der Waals surface area (Å²) < 4.78 is 5.10. The lowest BCUT2D eigenvalue weighted by Gasteiger charge is -2.02. The van der Waals surface area contributed by atoms with Gasteiger partial charge in [0.25, 0.3) is 0 Å². The predicted octanol–water partition coefficient (Wildman–Crippen LogP) is 3.16. The van der Waals surface area contributed by atoms with E-state index in [1.54, 1.807) is 18.4 Å². The van der Waals surface area contributed by atoms with Gasteiger partial charge in [0.2, 0.25) is 0 Å². The van der Waals surface area contributed by atoms with E-state index in [2.05, 4.69) is 18.8 Å². The Labute approximate surface area is 115 Å². The van der Waals surface area contributed by atoms with E-state index in [-0.39, 0.29) is 0 Å². The quantitative estimate of drug-likeness (QED) is 0.915. The van der Waals surface area contributed by atoms with Crippen LogP contribution in [0.5, 0.6) is 0 Å². The van der Waals surface area contributed by atoms with Crippen molar-refractivity contribution in [1.82, 2.24) is 9.97 Å². The highest BCUT2D eigenvalue weighted by molar-refractivity contribution is 7.16. The number of nitrogen functional groups attached to an aromatic ring is 1. The Balaban J connectivity index is 2.35. The number of aromatic nitrogens is 2. The minimum atomic E-state index is 0.385. The highest BCUT2D eigenvalue weighted by atomic mass is 32.1. The fourth-order valence-electron chi connectivity index (χ4n) is 1.64. The van der Waals surface area contributed by atoms with Crippen molar-refractivity contribution in [2.24, 2.45) is 0 Å². The molecule has 0 aliphatic rings. The molecule has 2 rings (SSSR count). The summed E-state index contributed by atoms with van der Waals surface area (Å²) in [6, 6.07) is 0. The number of nitrogens with zero attached hydrogens (tertiary/aromatic N) is 2. The molecular formula is C12H17N3OS2. The second-order valence-corrected chi connectivity index (χ2v) is 6.26. The molecule has 0 amide bonds. The van der Waals surface area contributed by atoms with E-state index in [9.17, 15) is 0 Å². The molecule has 98 valence electrons. The SMILES string of the molecule is COCCc1nc(C(C)C)c(-c2csc(N)n2)s1. The second kappa shape index (κ2) is 5.77. The number of nitrogens with two attached hydrogens (primary N) is 1. The fraction of sp³-hybridized carbons (Fsp3) is 0.500. The van der Waals surface area contributed by atoms with E-state index in [0.717, 1.165) is 27.7 Å². The van der Waals surface area contributed by atoms with Gasteiger partial charge < -0.3 is 10.5 Å². The largest absolute Gasteiger partial charge is 0.384 e. The maximum atomic E-state index is 5.70. The maximum absolute atomic E-state index is 5.70. The van der Waals surface area contributed by atoms with Crippen LogP contribution >= 0.6 is 22.7 Å². The molecule has 2 N–H and O–H groups in total. The van der Waals surface area contributed by atoms with Crippen LogP contribution in [0.1, 0.15) is 30.5 Å². The minimum absolute atomic E-state index is 0.385. The molecule has 0 aromatic carbocycles. The van der Waals surface area contributed by atoms with Gasteiger partial charge in [-0.25, -0.2) is 9.97 Å². The molecule has 0 atom stereocenters. The number of anilines is 1. The van der Waals surface area contributed by atoms with Gasteiger partial charge in [0, 0.05) is 18.9 Å². The van der Waals surface area contributed by atoms with Gasteiger partial charge in [0.1, 0.15) is 0 Å². The first-order valence-corrected chi connectivity index (χ1v) is 7.51. The summed E-state index contributed by atoms with van der Waals surface area (Å²) in [6.07, 6.45) is 0.848. The molecule has 0 saturated heterocycles. The Kier molecular flexibility index (Phi) is 4.31. The molecule has 0 aliphatic heterocycles. The van der Waals surface area contributed by atoms with Crippen molar-refractivity contribution < 1.29 is 4.74 Å². The molecule has 2 aromatic heterocycles. The molecule has 0 aliphatic carbocycles. The van der Waals surface area contributed by atoms with E-state index in [1.807, 2.05) is 5.38 Å². The standard InChI is InChI=1S/C12H17N3OS2/c1-7(2)10-11(8-6-17-12(13)14-8)18-9(15-10)4-5-16-3/h6-7H,4-5H2,1-3H3,(H2,13,14). The lowest BCUT2D eigenvalue weighted by Crippen LogP contribution is -1.95. The van der Waals surface area contributed by atoms with Gasteiger partial charge in [0.15, 0.2) is 5.13 Å². The molecule has 0 spiro atoms. The third kappa shape index (κ3) is 2.88. The predicted molar refractivity (Wildman–Crippen MR) is 77.3 cm³/mol. The molecule has 0 radical (unpaired) electrons. The zero-order chi connectivity index (χ0) is 13.1. The number of hydrogen-bond acceptors (Lipinski definition) is 6. The van der Waals surface area contributed by atoms with Crippen LogP contribution in [-0.4, -0.2) is 23.7 Å². The average molecular weight is 283 g/mol. The lowest BCUT2D eigenvalue weighted by molar-refractivity contribution is 0.202. The normalized spacial score (nSPS) is 11.3. The van der Waals surface area contributed by atoms with Crippen LogP contribution in [0.15, 0.2) is 5.38 Å². The number of methoxy groups -OCH3 is 1. The van der Waals surface area contributed by atoms with E-state index in [4.69, 9.17) is 15.5 Å². The number of thiazole rings is 2. The van der Waals surface area contributed by atoms with Crippen LogP contribution in [0.2, 0.25) is 0 Å². The molecule has 6 heteroatoms. The summed E-state index contributed by atoms with van der Waals surface area (Å²) in [4.78, 5) is 10.2. The van der Waals surface area contributed by atoms with E-state index < -0.39 is 0 Å². The highest BCUT2D eigenvalue weighted by Crippen LogP contribution is 2.35. The Bertz CT molecular complexity index is 519. The average Bonchev–Trinajstić information content (AvgIpc) is 2.92. The van der Waals surface area contributed by atoms with Gasteiger partial charge in [-0.05, 0) is 5.92 Å². The van der Waals surface area contributed by atoms with Crippen LogP contribution in [0.3, 0.4) is 0 Å². The van der Waals surface area contributed by atoms with Crippen molar-refractivity contribution in [2.75, 3.05) is 19.5 Å². The van der Waals surface area contributed by atoms with Crippen molar-refractivity contribution in [3.05, 3.63) is 16.1 Å². The Morgan fingerprint density at radius 1 is 1.39 bits per heavy atom. The summed E-state index contributed by atoms with van der Waals surface area (Å²) in [7, 11) is 1.71. The monoisotopic (exact) mass is 283 g/mol. The molecular weight excluding hydrogens is 266 g/mol. The smallest absolute Gasteiger partial charge is 0.180 e. The van der Waals surface area contributed by atoms with Gasteiger partial charge in [-0.3, -0.25) is 0 Å². The molecule has 0 bridgehead atoms. The summed E-state index contributed by atoms with van der Waals surface area (Å²) >= 11 is 3.16. The number of rotatable bonds is 5. The van der Waals surface area contributed by atoms with Crippen LogP contribution in [0.4, 0.5) is 5.13 Å². The molecule has 0 fully saturated rings. The third-order valence-corrected chi connectivity index (χ3v) is 4.35. The second-order valence-electron chi connectivity index (χ2n) is 4.29. The molecule has 2 heterocycles. The van der Waals surface area contributed by atoms with E-state index in [1.165, 1.54) is 11.3 Å². The Morgan fingerprint density at radius 3 is 2.72 bits per heavy atom. The summed E-state index contributed by atoms with van der Waals surface area (Å²) in [5, 5.41) is 3.70. The van der Waals surface area contributed by atoms with Gasteiger partial charge in [0.05, 0.1) is 27.9 Å². The van der Waals surface area contributed by atoms with Crippen LogP contribution in [0.25, 0.3) is 10.6 Å². The Morgan fingerprint density at radius 2 is 2.17 bits per heavy atom. The lowest BCUT2D eigenvalue weighted by atomic mass is 10.1. The third-order valence-electron chi connectivity index (χ3n) is 2.52. The first-order valence-electron chi connectivity index (χ1n) is 5.81. The van der Waals surface area contributed by atoms with Crippen molar-refractivity contribution in [1.29, 1.82) is 0 Å². The molecule has 2 aromatic rings. The van der Waals surface area contributed by atoms with Crippen molar-refractivity contribution in [3.63, 3.8) is 0 Å². The molecule has 0 unspecified atom stereocenters. The topological polar surface area (TPSA) is 61.0 Å². The minimum Gasteiger partial charge on any atom is -0.384 e. The highest BCUT2D eigenvalue weighted by Gasteiger charge is 2.17. The first-order chi connectivity index (χ1) is 8.61. The van der Waals surface area contributed by atoms with Gasteiger partial charge in [-0.1, -0.05) is 13.8 Å². The van der Waals surface area contributed by atoms with Crippen molar-refractivity contribution in [3.8, 4) is 10.6 Å². The van der Waals surface area contributed by atoms with Crippen molar-refractivity contribution >= 4 is 27.8 Å². The van der Waals surface area contributed by atoms with Gasteiger partial charge in [-0.15, -0.1) is 22.7 Å².